The molecule has 0 bridgehead atoms. The molecule has 3 N–H and O–H groups in total. The Morgan fingerprint density at radius 3 is 2.34 bits per heavy atom. The molecule has 0 amide bonds. The molecule has 6 nitrogen and oxygen atoms in total. The van der Waals surface area contributed by atoms with Crippen molar-refractivity contribution in [2.45, 2.75) is 24.4 Å². The van der Waals surface area contributed by atoms with Gasteiger partial charge in [-0.15, -0.1) is 11.8 Å². The number of aliphatic hydroxyl groups excluding tert-OH is 1. The molecule has 0 aromatic heterocycles. The predicted octanol–water partition coefficient (Wildman–Crippen LogP) is 3.69. The maximum Gasteiger partial charge on any atom is 0.313 e. The Kier molecular flexibility index (Phi) is 9.90. The monoisotopic (exact) mass is 436 g/mol. The molecule has 8 heteroatoms. The van der Waals surface area contributed by atoms with E-state index < -0.39 is 23.3 Å². The van der Waals surface area contributed by atoms with Crippen molar-refractivity contribution in [3.05, 3.63) is 65.7 Å². The van der Waals surface area contributed by atoms with Gasteiger partial charge in [0, 0.05) is 17.1 Å². The number of carbonyl (C=O) groups is 2. The normalized spacial score (nSPS) is 12.9. The molecule has 0 saturated carbocycles. The molecule has 2 aromatic carbocycles. The minimum absolute atomic E-state index is 0.0246. The first-order valence-corrected chi connectivity index (χ1v) is 11.2. The number of para-hydroxylation sites is 1. The van der Waals surface area contributed by atoms with Gasteiger partial charge in [-0.05, 0) is 11.6 Å². The van der Waals surface area contributed by atoms with Gasteiger partial charge < -0.3 is 20.1 Å². The van der Waals surface area contributed by atoms with E-state index in [1.54, 1.807) is 0 Å². The lowest BCUT2D eigenvalue weighted by Crippen LogP contribution is -2.21. The molecule has 156 valence electrons. The summed E-state index contributed by atoms with van der Waals surface area (Å²) >= 11 is 2.46. The fourth-order valence-electron chi connectivity index (χ4n) is 2.62. The van der Waals surface area contributed by atoms with Crippen LogP contribution in [0.3, 0.4) is 0 Å². The van der Waals surface area contributed by atoms with Gasteiger partial charge in [-0.1, -0.05) is 48.5 Å². The highest BCUT2D eigenvalue weighted by Gasteiger charge is 2.25. The second-order valence-electron chi connectivity index (χ2n) is 6.22. The van der Waals surface area contributed by atoms with Crippen LogP contribution in [0.25, 0.3) is 0 Å². The molecule has 0 aliphatic carbocycles. The van der Waals surface area contributed by atoms with Crippen LogP contribution in [0.15, 0.2) is 54.6 Å². The summed E-state index contributed by atoms with van der Waals surface area (Å²) in [6.45, 7) is 0.369. The summed E-state index contributed by atoms with van der Waals surface area (Å²) in [6, 6.07) is 17.1. The van der Waals surface area contributed by atoms with Gasteiger partial charge in [-0.2, -0.15) is 11.8 Å². The van der Waals surface area contributed by atoms with Crippen LogP contribution in [-0.2, 0) is 16.2 Å². The van der Waals surface area contributed by atoms with E-state index in [1.807, 2.05) is 54.6 Å². The summed E-state index contributed by atoms with van der Waals surface area (Å²) in [5, 5.41) is 28.0. The fourth-order valence-corrected chi connectivity index (χ4v) is 4.71. The Morgan fingerprint density at radius 2 is 1.66 bits per heavy atom. The van der Waals surface area contributed by atoms with Crippen molar-refractivity contribution in [1.82, 2.24) is 0 Å². The number of carboxylic acid groups (broad SMARTS) is 2. The van der Waals surface area contributed by atoms with Crippen molar-refractivity contribution >= 4 is 35.5 Å². The van der Waals surface area contributed by atoms with Gasteiger partial charge in [0.25, 0.3) is 0 Å². The van der Waals surface area contributed by atoms with Crippen LogP contribution in [0.2, 0.25) is 0 Å². The Balaban J connectivity index is 2.14. The molecule has 0 heterocycles. The van der Waals surface area contributed by atoms with Gasteiger partial charge in [-0.25, -0.2) is 0 Å². The average Bonchev–Trinajstić information content (AvgIpc) is 2.70. The molecule has 0 saturated heterocycles. The minimum atomic E-state index is -0.941. The zero-order chi connectivity index (χ0) is 21.1. The Bertz CT molecular complexity index is 784. The Hall–Kier alpha value is -2.16. The Labute approximate surface area is 178 Å². The van der Waals surface area contributed by atoms with E-state index >= 15 is 0 Å². The molecule has 2 rings (SSSR count). The molecule has 0 radical (unpaired) electrons. The topological polar surface area (TPSA) is 104 Å². The maximum absolute atomic E-state index is 10.9. The summed E-state index contributed by atoms with van der Waals surface area (Å²) in [6.07, 6.45) is -0.872. The number of benzene rings is 2. The smallest absolute Gasteiger partial charge is 0.313 e. The lowest BCUT2D eigenvalue weighted by molar-refractivity contribution is -0.136. The summed E-state index contributed by atoms with van der Waals surface area (Å²) in [7, 11) is 0. The number of carboxylic acids is 2. The largest absolute Gasteiger partial charge is 0.489 e. The second kappa shape index (κ2) is 12.4. The summed E-state index contributed by atoms with van der Waals surface area (Å²) in [5.41, 5.74) is 1.78. The summed E-state index contributed by atoms with van der Waals surface area (Å²) < 4.78 is 5.98. The van der Waals surface area contributed by atoms with E-state index in [4.69, 9.17) is 14.9 Å². The first-order chi connectivity index (χ1) is 14.0. The molecule has 2 unspecified atom stereocenters. The SMILES string of the molecule is O=C(O)CCSC(c1ccccc1OCc1ccccc1)C(O)CSCC(=O)O. The zero-order valence-corrected chi connectivity index (χ0v) is 17.4. The first kappa shape index (κ1) is 23.1. The van der Waals surface area contributed by atoms with Crippen molar-refractivity contribution < 1.29 is 29.6 Å². The number of rotatable bonds is 13. The molecule has 0 aliphatic heterocycles. The highest BCUT2D eigenvalue weighted by atomic mass is 32.2. The van der Waals surface area contributed by atoms with Crippen LogP contribution in [-0.4, -0.2) is 50.6 Å². The molecule has 0 spiro atoms. The fraction of sp³-hybridized carbons (Fsp3) is 0.333. The number of ether oxygens (including phenoxy) is 1. The third-order valence-electron chi connectivity index (χ3n) is 3.94. The van der Waals surface area contributed by atoms with E-state index in [-0.39, 0.29) is 17.9 Å². The van der Waals surface area contributed by atoms with Crippen molar-refractivity contribution in [2.75, 3.05) is 17.3 Å². The van der Waals surface area contributed by atoms with E-state index in [0.717, 1.165) is 22.9 Å². The highest BCUT2D eigenvalue weighted by molar-refractivity contribution is 8.00. The average molecular weight is 437 g/mol. The molecule has 0 aliphatic rings. The second-order valence-corrected chi connectivity index (χ2v) is 8.50. The molecular formula is C21H24O6S2. The first-order valence-electron chi connectivity index (χ1n) is 9.04. The minimum Gasteiger partial charge on any atom is -0.489 e. The van der Waals surface area contributed by atoms with Crippen LogP contribution in [0.4, 0.5) is 0 Å². The van der Waals surface area contributed by atoms with Gasteiger partial charge in [0.15, 0.2) is 0 Å². The molecule has 2 aromatic rings. The lowest BCUT2D eigenvalue weighted by atomic mass is 10.1. The summed E-state index contributed by atoms with van der Waals surface area (Å²) in [5.74, 6) is -0.775. The van der Waals surface area contributed by atoms with E-state index in [9.17, 15) is 14.7 Å². The third-order valence-corrected chi connectivity index (χ3v) is 6.33. The molecular weight excluding hydrogens is 412 g/mol. The van der Waals surface area contributed by atoms with E-state index in [0.29, 0.717) is 18.1 Å². The summed E-state index contributed by atoms with van der Waals surface area (Å²) in [4.78, 5) is 21.6. The van der Waals surface area contributed by atoms with Gasteiger partial charge in [0.2, 0.25) is 0 Å². The van der Waals surface area contributed by atoms with Crippen molar-refractivity contribution in [3.63, 3.8) is 0 Å². The van der Waals surface area contributed by atoms with Crippen LogP contribution < -0.4 is 4.74 Å². The van der Waals surface area contributed by atoms with Crippen LogP contribution >= 0.6 is 23.5 Å². The number of aliphatic hydroxyl groups is 1. The highest BCUT2D eigenvalue weighted by Crippen LogP contribution is 2.39. The number of thioether (sulfide) groups is 2. The molecule has 2 atom stereocenters. The number of aliphatic carboxylic acids is 2. The van der Waals surface area contributed by atoms with Crippen LogP contribution in [0.1, 0.15) is 22.8 Å². The third kappa shape index (κ3) is 8.39. The van der Waals surface area contributed by atoms with Gasteiger partial charge >= 0.3 is 11.9 Å². The molecule has 0 fully saturated rings. The van der Waals surface area contributed by atoms with Crippen LogP contribution in [0.5, 0.6) is 5.75 Å². The predicted molar refractivity (Wildman–Crippen MR) is 116 cm³/mol. The quantitative estimate of drug-likeness (QED) is 0.437. The van der Waals surface area contributed by atoms with Gasteiger partial charge in [-0.3, -0.25) is 9.59 Å². The Morgan fingerprint density at radius 1 is 0.966 bits per heavy atom. The van der Waals surface area contributed by atoms with Gasteiger partial charge in [0.1, 0.15) is 12.4 Å². The van der Waals surface area contributed by atoms with Crippen molar-refractivity contribution in [3.8, 4) is 5.75 Å². The number of hydrogen-bond acceptors (Lipinski definition) is 6. The van der Waals surface area contributed by atoms with Crippen molar-refractivity contribution in [2.24, 2.45) is 0 Å². The molecule has 29 heavy (non-hydrogen) atoms. The van der Waals surface area contributed by atoms with E-state index in [2.05, 4.69) is 0 Å². The number of hydrogen-bond donors (Lipinski definition) is 3. The van der Waals surface area contributed by atoms with Crippen molar-refractivity contribution in [1.29, 1.82) is 0 Å². The van der Waals surface area contributed by atoms with E-state index in [1.165, 1.54) is 11.8 Å². The standard InChI is InChI=1S/C21H24O6S2/c22-17(13-28-14-20(25)26)21(29-11-10-19(23)24)16-8-4-5-9-18(16)27-12-15-6-2-1-3-7-15/h1-9,17,21-22H,10-14H2,(H,23,24)(H,25,26). The van der Waals surface area contributed by atoms with Crippen LogP contribution in [0, 0.1) is 0 Å². The lowest BCUT2D eigenvalue weighted by Gasteiger charge is -2.25. The van der Waals surface area contributed by atoms with Gasteiger partial charge in [0.05, 0.1) is 23.5 Å². The zero-order valence-electron chi connectivity index (χ0n) is 15.8. The maximum atomic E-state index is 10.9.